The smallest absolute Gasteiger partial charge is 0.317 e. The van der Waals surface area contributed by atoms with Gasteiger partial charge in [-0.3, -0.25) is 0 Å². The highest BCUT2D eigenvalue weighted by Gasteiger charge is 2.19. The molecule has 0 aliphatic rings. The van der Waals surface area contributed by atoms with Gasteiger partial charge < -0.3 is 20.3 Å². The highest BCUT2D eigenvalue weighted by atomic mass is 35.5. The van der Waals surface area contributed by atoms with Crippen LogP contribution in [0, 0.1) is 0 Å². The maximum Gasteiger partial charge on any atom is 0.317 e. The van der Waals surface area contributed by atoms with Crippen LogP contribution in [-0.4, -0.2) is 43.2 Å². The minimum Gasteiger partial charge on any atom is -0.496 e. The van der Waals surface area contributed by atoms with Gasteiger partial charge in [0.2, 0.25) is 0 Å². The Kier molecular flexibility index (Phi) is 7.36. The van der Waals surface area contributed by atoms with Crippen molar-refractivity contribution in [1.29, 1.82) is 0 Å². The van der Waals surface area contributed by atoms with Gasteiger partial charge in [0.05, 0.1) is 23.2 Å². The van der Waals surface area contributed by atoms with Gasteiger partial charge in [0.1, 0.15) is 11.6 Å². The summed E-state index contributed by atoms with van der Waals surface area (Å²) in [6.45, 7) is 2.85. The summed E-state index contributed by atoms with van der Waals surface area (Å²) in [5.74, 6) is 1.28. The molecule has 0 saturated carbocycles. The molecule has 2 amide bonds. The maximum atomic E-state index is 12.4. The number of urea groups is 1. The van der Waals surface area contributed by atoms with Crippen LogP contribution in [0.25, 0.3) is 0 Å². The highest BCUT2D eigenvalue weighted by Crippen LogP contribution is 2.28. The third-order valence-corrected chi connectivity index (χ3v) is 4.49. The average molecular weight is 397 g/mol. The van der Waals surface area contributed by atoms with Gasteiger partial charge in [-0.2, -0.15) is 0 Å². The Balaban J connectivity index is 1.85. The number of pyridine rings is 1. The molecule has 1 aromatic heterocycles. The number of hydrogen-bond acceptors (Lipinski definition) is 4. The molecule has 26 heavy (non-hydrogen) atoms. The van der Waals surface area contributed by atoms with Gasteiger partial charge in [0.15, 0.2) is 0 Å². The van der Waals surface area contributed by atoms with Crippen LogP contribution < -0.4 is 15.4 Å². The lowest BCUT2D eigenvalue weighted by Crippen LogP contribution is -2.40. The van der Waals surface area contributed by atoms with Crippen molar-refractivity contribution in [3.8, 4) is 5.75 Å². The van der Waals surface area contributed by atoms with Gasteiger partial charge in [-0.1, -0.05) is 41.4 Å². The van der Waals surface area contributed by atoms with E-state index in [1.807, 2.05) is 31.2 Å². The van der Waals surface area contributed by atoms with Crippen LogP contribution in [0.1, 0.15) is 18.5 Å². The number of benzene rings is 1. The summed E-state index contributed by atoms with van der Waals surface area (Å²) in [7, 11) is 3.37. The van der Waals surface area contributed by atoms with Crippen LogP contribution >= 0.6 is 23.2 Å². The molecule has 0 fully saturated rings. The van der Waals surface area contributed by atoms with Gasteiger partial charge in [-0.25, -0.2) is 9.78 Å². The largest absolute Gasteiger partial charge is 0.496 e. The Morgan fingerprint density at radius 2 is 2.04 bits per heavy atom. The van der Waals surface area contributed by atoms with Crippen LogP contribution in [0.2, 0.25) is 10.0 Å². The van der Waals surface area contributed by atoms with Crippen LogP contribution in [0.5, 0.6) is 5.75 Å². The second-order valence-electron chi connectivity index (χ2n) is 5.67. The zero-order valence-corrected chi connectivity index (χ0v) is 16.4. The Hall–Kier alpha value is -2.18. The van der Waals surface area contributed by atoms with Gasteiger partial charge in [0.25, 0.3) is 0 Å². The van der Waals surface area contributed by atoms with E-state index in [0.717, 1.165) is 11.3 Å². The van der Waals surface area contributed by atoms with Gasteiger partial charge >= 0.3 is 6.03 Å². The van der Waals surface area contributed by atoms with Crippen molar-refractivity contribution in [3.05, 3.63) is 52.1 Å². The van der Waals surface area contributed by atoms with Crippen molar-refractivity contribution in [2.75, 3.05) is 32.6 Å². The van der Waals surface area contributed by atoms with Crippen LogP contribution in [0.3, 0.4) is 0 Å². The minimum absolute atomic E-state index is 0.133. The lowest BCUT2D eigenvalue weighted by molar-refractivity contribution is 0.194. The molecule has 140 valence electrons. The standard InChI is InChI=1S/C18H22Cl2N4O2/c1-12(14-6-4-5-7-16(14)26-3)24(2)18(25)22-9-8-21-17-15(20)10-13(19)11-23-17/h4-7,10-12H,8-9H2,1-3H3,(H,21,23)(H,22,25). The molecule has 2 rings (SSSR count). The van der Waals surface area contributed by atoms with E-state index in [-0.39, 0.29) is 12.1 Å². The fourth-order valence-electron chi connectivity index (χ4n) is 2.42. The molecule has 0 aliphatic carbocycles. The number of carbonyl (C=O) groups excluding carboxylic acids is 1. The molecule has 0 spiro atoms. The number of aromatic nitrogens is 1. The topological polar surface area (TPSA) is 66.5 Å². The number of ether oxygens (including phenoxy) is 1. The first kappa shape index (κ1) is 20.1. The van der Waals surface area contributed by atoms with Gasteiger partial charge in [0, 0.05) is 31.9 Å². The average Bonchev–Trinajstić information content (AvgIpc) is 2.65. The molecule has 0 saturated heterocycles. The van der Waals surface area contributed by atoms with Crippen LogP contribution in [-0.2, 0) is 0 Å². The van der Waals surface area contributed by atoms with Crippen LogP contribution in [0.15, 0.2) is 36.5 Å². The number of nitrogens with one attached hydrogen (secondary N) is 2. The summed E-state index contributed by atoms with van der Waals surface area (Å²) in [6.07, 6.45) is 1.51. The van der Waals surface area contributed by atoms with E-state index in [1.165, 1.54) is 6.20 Å². The third kappa shape index (κ3) is 5.16. The summed E-state index contributed by atoms with van der Waals surface area (Å²) < 4.78 is 5.37. The van der Waals surface area contributed by atoms with Crippen molar-refractivity contribution in [1.82, 2.24) is 15.2 Å². The predicted molar refractivity (Wildman–Crippen MR) is 105 cm³/mol. The van der Waals surface area contributed by atoms with E-state index in [9.17, 15) is 4.79 Å². The molecular weight excluding hydrogens is 375 g/mol. The normalized spacial score (nSPS) is 11.6. The number of amides is 2. The van der Waals surface area contributed by atoms with Crippen molar-refractivity contribution in [2.24, 2.45) is 0 Å². The Bertz CT molecular complexity index is 758. The highest BCUT2D eigenvalue weighted by molar-refractivity contribution is 6.35. The van der Waals surface area contributed by atoms with Gasteiger partial charge in [-0.05, 0) is 19.1 Å². The first-order valence-electron chi connectivity index (χ1n) is 8.12. The van der Waals surface area contributed by atoms with E-state index in [4.69, 9.17) is 27.9 Å². The molecule has 0 bridgehead atoms. The second-order valence-corrected chi connectivity index (χ2v) is 6.52. The fourth-order valence-corrected chi connectivity index (χ4v) is 2.86. The molecular formula is C18H22Cl2N4O2. The lowest BCUT2D eigenvalue weighted by Gasteiger charge is -2.26. The van der Waals surface area contributed by atoms with Crippen molar-refractivity contribution in [2.45, 2.75) is 13.0 Å². The zero-order chi connectivity index (χ0) is 19.1. The molecule has 1 atom stereocenters. The Morgan fingerprint density at radius 1 is 1.31 bits per heavy atom. The molecule has 0 aliphatic heterocycles. The molecule has 6 nitrogen and oxygen atoms in total. The van der Waals surface area contributed by atoms with E-state index in [2.05, 4.69) is 15.6 Å². The quantitative estimate of drug-likeness (QED) is 0.687. The number of rotatable bonds is 7. The van der Waals surface area contributed by atoms with E-state index in [0.29, 0.717) is 29.0 Å². The zero-order valence-electron chi connectivity index (χ0n) is 14.9. The van der Waals surface area contributed by atoms with E-state index >= 15 is 0 Å². The SMILES string of the molecule is COc1ccccc1C(C)N(C)C(=O)NCCNc1ncc(Cl)cc1Cl. The first-order chi connectivity index (χ1) is 12.4. The Labute approximate surface area is 163 Å². The molecule has 1 heterocycles. The lowest BCUT2D eigenvalue weighted by atomic mass is 10.1. The first-order valence-corrected chi connectivity index (χ1v) is 8.88. The number of carbonyl (C=O) groups is 1. The van der Waals surface area contributed by atoms with E-state index in [1.54, 1.807) is 25.1 Å². The second kappa shape index (κ2) is 9.50. The number of nitrogens with zero attached hydrogens (tertiary/aromatic N) is 2. The van der Waals surface area contributed by atoms with E-state index < -0.39 is 0 Å². The number of hydrogen-bond donors (Lipinski definition) is 2. The monoisotopic (exact) mass is 396 g/mol. The number of halogens is 2. The number of para-hydroxylation sites is 1. The molecule has 1 unspecified atom stereocenters. The molecule has 8 heteroatoms. The number of anilines is 1. The summed E-state index contributed by atoms with van der Waals surface area (Å²) in [5.41, 5.74) is 0.947. The minimum atomic E-state index is -0.180. The molecule has 1 aromatic carbocycles. The summed E-state index contributed by atoms with van der Waals surface area (Å²) in [5, 5.41) is 6.83. The van der Waals surface area contributed by atoms with Crippen molar-refractivity contribution < 1.29 is 9.53 Å². The van der Waals surface area contributed by atoms with Crippen molar-refractivity contribution >= 4 is 35.1 Å². The Morgan fingerprint density at radius 3 is 2.73 bits per heavy atom. The summed E-state index contributed by atoms with van der Waals surface area (Å²) >= 11 is 11.9. The molecule has 0 radical (unpaired) electrons. The predicted octanol–water partition coefficient (Wildman–Crippen LogP) is 4.21. The van der Waals surface area contributed by atoms with Crippen LogP contribution in [0.4, 0.5) is 10.6 Å². The van der Waals surface area contributed by atoms with Gasteiger partial charge in [-0.15, -0.1) is 0 Å². The van der Waals surface area contributed by atoms with Crippen molar-refractivity contribution in [3.63, 3.8) is 0 Å². The third-order valence-electron chi connectivity index (χ3n) is 3.99. The maximum absolute atomic E-state index is 12.4. The fraction of sp³-hybridized carbons (Fsp3) is 0.333. The molecule has 2 aromatic rings. The number of methoxy groups -OCH3 is 1. The summed E-state index contributed by atoms with van der Waals surface area (Å²) in [6, 6.07) is 8.95. The summed E-state index contributed by atoms with van der Waals surface area (Å²) in [4.78, 5) is 18.1. The molecule has 2 N–H and O–H groups in total.